The Balaban J connectivity index is 2.50. The summed E-state index contributed by atoms with van der Waals surface area (Å²) in [5, 5.41) is 3.00. The van der Waals surface area contributed by atoms with Crippen LogP contribution in [0.5, 0.6) is 0 Å². The Bertz CT molecular complexity index is 406. The van der Waals surface area contributed by atoms with Crippen molar-refractivity contribution in [1.82, 2.24) is 5.32 Å². The molecule has 3 nitrogen and oxygen atoms in total. The smallest absolute Gasteiger partial charge is 0.222 e. The van der Waals surface area contributed by atoms with Gasteiger partial charge in [-0.15, -0.1) is 11.3 Å². The number of nitrogens with one attached hydrogen (secondary N) is 1. The molecule has 0 aliphatic rings. The number of hydrogen-bond donors (Lipinski definition) is 2. The van der Waals surface area contributed by atoms with Crippen molar-refractivity contribution in [2.75, 3.05) is 0 Å². The van der Waals surface area contributed by atoms with E-state index >= 15 is 0 Å². The molecular weight excluding hydrogens is 244 g/mol. The van der Waals surface area contributed by atoms with Crippen molar-refractivity contribution >= 4 is 17.2 Å². The van der Waals surface area contributed by atoms with Crippen LogP contribution in [0.15, 0.2) is 12.1 Å². The summed E-state index contributed by atoms with van der Waals surface area (Å²) < 4.78 is 0. The number of aryl methyl sites for hydroxylation is 1. The van der Waals surface area contributed by atoms with Crippen molar-refractivity contribution in [1.29, 1.82) is 0 Å². The fraction of sp³-hybridized carbons (Fsp3) is 0.643. The predicted octanol–water partition coefficient (Wildman–Crippen LogP) is 3.00. The molecule has 3 N–H and O–H groups in total. The number of carbonyl (C=O) groups excluding carboxylic acids is 1. The van der Waals surface area contributed by atoms with E-state index in [0.717, 1.165) is 0 Å². The van der Waals surface area contributed by atoms with Gasteiger partial charge in [-0.3, -0.25) is 4.79 Å². The molecule has 0 radical (unpaired) electrons. The first-order chi connectivity index (χ1) is 8.20. The first kappa shape index (κ1) is 15.2. The van der Waals surface area contributed by atoms with Crippen molar-refractivity contribution in [3.05, 3.63) is 21.9 Å². The summed E-state index contributed by atoms with van der Waals surface area (Å²) in [6, 6.07) is 4.08. The number of nitrogens with two attached hydrogens (primary N) is 1. The third-order valence-electron chi connectivity index (χ3n) is 3.08. The van der Waals surface area contributed by atoms with Gasteiger partial charge in [-0.1, -0.05) is 20.8 Å². The molecule has 1 aromatic rings. The zero-order valence-electron chi connectivity index (χ0n) is 11.9. The SMILES string of the molecule is Cc1ccc(C(C)NC(=O)CC(N)C(C)(C)C)s1. The molecule has 4 heteroatoms. The molecule has 1 amide bonds. The maximum absolute atomic E-state index is 11.9. The lowest BCUT2D eigenvalue weighted by molar-refractivity contribution is -0.122. The number of carbonyl (C=O) groups is 1. The van der Waals surface area contributed by atoms with Crippen LogP contribution in [0.3, 0.4) is 0 Å². The molecule has 0 aromatic carbocycles. The van der Waals surface area contributed by atoms with E-state index in [9.17, 15) is 4.79 Å². The Kier molecular flexibility index (Phi) is 4.93. The molecule has 1 rings (SSSR count). The van der Waals surface area contributed by atoms with Gasteiger partial charge in [0, 0.05) is 22.2 Å². The molecule has 2 unspecified atom stereocenters. The average molecular weight is 268 g/mol. The van der Waals surface area contributed by atoms with Crippen LogP contribution in [0, 0.1) is 12.3 Å². The highest BCUT2D eigenvalue weighted by Gasteiger charge is 2.23. The van der Waals surface area contributed by atoms with Gasteiger partial charge in [0.05, 0.1) is 6.04 Å². The van der Waals surface area contributed by atoms with Crippen LogP contribution in [0.2, 0.25) is 0 Å². The monoisotopic (exact) mass is 268 g/mol. The summed E-state index contributed by atoms with van der Waals surface area (Å²) in [4.78, 5) is 14.4. The quantitative estimate of drug-likeness (QED) is 0.882. The largest absolute Gasteiger partial charge is 0.349 e. The maximum Gasteiger partial charge on any atom is 0.222 e. The third-order valence-corrected chi connectivity index (χ3v) is 4.27. The topological polar surface area (TPSA) is 55.1 Å². The van der Waals surface area contributed by atoms with Crippen molar-refractivity contribution in [2.45, 2.75) is 53.1 Å². The first-order valence-corrected chi connectivity index (χ1v) is 7.13. The molecule has 0 aliphatic heterocycles. The van der Waals surface area contributed by atoms with Gasteiger partial charge in [-0.2, -0.15) is 0 Å². The van der Waals surface area contributed by atoms with Crippen molar-refractivity contribution in [3.8, 4) is 0 Å². The summed E-state index contributed by atoms with van der Waals surface area (Å²) in [7, 11) is 0. The Morgan fingerprint density at radius 1 is 1.44 bits per heavy atom. The van der Waals surface area contributed by atoms with Crippen LogP contribution in [0.25, 0.3) is 0 Å². The lowest BCUT2D eigenvalue weighted by atomic mass is 9.85. The normalized spacial score (nSPS) is 15.2. The molecule has 18 heavy (non-hydrogen) atoms. The van der Waals surface area contributed by atoms with E-state index in [0.29, 0.717) is 6.42 Å². The zero-order chi connectivity index (χ0) is 13.9. The molecule has 0 aliphatic carbocycles. The predicted molar refractivity (Wildman–Crippen MR) is 77.7 cm³/mol. The molecule has 1 heterocycles. The van der Waals surface area contributed by atoms with Crippen LogP contribution >= 0.6 is 11.3 Å². The molecule has 0 spiro atoms. The molecule has 2 atom stereocenters. The van der Waals surface area contributed by atoms with Gasteiger partial charge >= 0.3 is 0 Å². The Hall–Kier alpha value is -0.870. The summed E-state index contributed by atoms with van der Waals surface area (Å²) >= 11 is 1.72. The second-order valence-electron chi connectivity index (χ2n) is 5.91. The van der Waals surface area contributed by atoms with Crippen molar-refractivity contribution < 1.29 is 4.79 Å². The third kappa shape index (κ3) is 4.42. The van der Waals surface area contributed by atoms with Crippen molar-refractivity contribution in [3.63, 3.8) is 0 Å². The van der Waals surface area contributed by atoms with E-state index in [1.54, 1.807) is 11.3 Å². The average Bonchev–Trinajstić information content (AvgIpc) is 2.63. The van der Waals surface area contributed by atoms with Gasteiger partial charge in [0.25, 0.3) is 0 Å². The van der Waals surface area contributed by atoms with Crippen LogP contribution in [-0.2, 0) is 4.79 Å². The number of amides is 1. The van der Waals surface area contributed by atoms with Gasteiger partial charge < -0.3 is 11.1 Å². The van der Waals surface area contributed by atoms with Crippen LogP contribution < -0.4 is 11.1 Å². The molecule has 1 aromatic heterocycles. The van der Waals surface area contributed by atoms with E-state index < -0.39 is 0 Å². The molecule has 0 fully saturated rings. The fourth-order valence-electron chi connectivity index (χ4n) is 1.56. The molecule has 102 valence electrons. The second kappa shape index (κ2) is 5.85. The molecule has 0 saturated carbocycles. The van der Waals surface area contributed by atoms with Crippen LogP contribution in [0.4, 0.5) is 0 Å². The molecular formula is C14H24N2OS. The number of thiophene rings is 1. The minimum Gasteiger partial charge on any atom is -0.349 e. The standard InChI is InChI=1S/C14H24N2OS/c1-9-6-7-11(18-9)10(2)16-13(17)8-12(15)14(3,4)5/h6-7,10,12H,8,15H2,1-5H3,(H,16,17). The second-order valence-corrected chi connectivity index (χ2v) is 7.23. The van der Waals surface area contributed by atoms with E-state index in [1.807, 2.05) is 6.92 Å². The molecule has 0 bridgehead atoms. The number of hydrogen-bond acceptors (Lipinski definition) is 3. The lowest BCUT2D eigenvalue weighted by Crippen LogP contribution is -2.40. The van der Waals surface area contributed by atoms with Gasteiger partial charge in [-0.25, -0.2) is 0 Å². The fourth-order valence-corrected chi connectivity index (χ4v) is 2.44. The van der Waals surface area contributed by atoms with E-state index in [4.69, 9.17) is 5.73 Å². The van der Waals surface area contributed by atoms with Crippen molar-refractivity contribution in [2.24, 2.45) is 11.1 Å². The summed E-state index contributed by atoms with van der Waals surface area (Å²) in [6.45, 7) is 10.2. The van der Waals surface area contributed by atoms with E-state index in [1.165, 1.54) is 9.75 Å². The highest BCUT2D eigenvalue weighted by Crippen LogP contribution is 2.23. The Labute approximate surface area is 114 Å². The Morgan fingerprint density at radius 2 is 2.06 bits per heavy atom. The highest BCUT2D eigenvalue weighted by atomic mass is 32.1. The minimum absolute atomic E-state index is 0.0241. The van der Waals surface area contributed by atoms with E-state index in [-0.39, 0.29) is 23.4 Å². The maximum atomic E-state index is 11.9. The van der Waals surface area contributed by atoms with Gasteiger partial charge in [0.1, 0.15) is 0 Å². The number of rotatable bonds is 4. The minimum atomic E-state index is -0.116. The first-order valence-electron chi connectivity index (χ1n) is 6.31. The summed E-state index contributed by atoms with van der Waals surface area (Å²) in [5.74, 6) is 0.0241. The van der Waals surface area contributed by atoms with E-state index in [2.05, 4.69) is 45.1 Å². The molecule has 0 saturated heterocycles. The van der Waals surface area contributed by atoms with Gasteiger partial charge in [0.15, 0.2) is 0 Å². The van der Waals surface area contributed by atoms with Crippen LogP contribution in [0.1, 0.15) is 49.9 Å². The zero-order valence-corrected chi connectivity index (χ0v) is 12.7. The van der Waals surface area contributed by atoms with Crippen LogP contribution in [-0.4, -0.2) is 11.9 Å². The summed E-state index contributed by atoms with van der Waals surface area (Å²) in [6.07, 6.45) is 0.373. The lowest BCUT2D eigenvalue weighted by Gasteiger charge is -2.27. The Morgan fingerprint density at radius 3 is 2.50 bits per heavy atom. The van der Waals surface area contributed by atoms with Gasteiger partial charge in [-0.05, 0) is 31.4 Å². The summed E-state index contributed by atoms with van der Waals surface area (Å²) in [5.41, 5.74) is 5.97. The van der Waals surface area contributed by atoms with Gasteiger partial charge in [0.2, 0.25) is 5.91 Å². The highest BCUT2D eigenvalue weighted by molar-refractivity contribution is 7.12.